The number of furan rings is 1. The highest BCUT2D eigenvalue weighted by molar-refractivity contribution is 5.83. The second-order valence-corrected chi connectivity index (χ2v) is 5.46. The fraction of sp³-hybridized carbons (Fsp3) is 0.0625. The van der Waals surface area contributed by atoms with E-state index >= 15 is 0 Å². The van der Waals surface area contributed by atoms with E-state index in [-0.39, 0.29) is 5.82 Å². The Kier molecular flexibility index (Phi) is 2.87. The van der Waals surface area contributed by atoms with Gasteiger partial charge in [-0.2, -0.15) is 4.52 Å². The van der Waals surface area contributed by atoms with Gasteiger partial charge >= 0.3 is 0 Å². The van der Waals surface area contributed by atoms with Crippen molar-refractivity contribution >= 4 is 16.8 Å². The first-order valence-corrected chi connectivity index (χ1v) is 7.52. The SMILES string of the molecule is Fc1ccc(Cc2nc3c4nn(-c5ccco5)nc4ncn3n2)cc1. The third kappa shape index (κ3) is 2.33. The number of benzene rings is 1. The van der Waals surface area contributed by atoms with Crippen molar-refractivity contribution in [3.63, 3.8) is 0 Å². The lowest BCUT2D eigenvalue weighted by atomic mass is 10.1. The highest BCUT2D eigenvalue weighted by Crippen LogP contribution is 2.16. The molecular formula is C16H10FN7O. The number of aromatic nitrogens is 7. The zero-order valence-corrected chi connectivity index (χ0v) is 12.7. The van der Waals surface area contributed by atoms with Gasteiger partial charge in [-0.3, -0.25) is 0 Å². The lowest BCUT2D eigenvalue weighted by Gasteiger charge is -1.95. The molecule has 8 nitrogen and oxygen atoms in total. The summed E-state index contributed by atoms with van der Waals surface area (Å²) in [6.45, 7) is 0. The summed E-state index contributed by atoms with van der Waals surface area (Å²) in [5.74, 6) is 0.808. The highest BCUT2D eigenvalue weighted by atomic mass is 19.1. The van der Waals surface area contributed by atoms with Gasteiger partial charge in [-0.1, -0.05) is 12.1 Å². The van der Waals surface area contributed by atoms with Crippen molar-refractivity contribution in [2.45, 2.75) is 6.42 Å². The molecule has 0 spiro atoms. The van der Waals surface area contributed by atoms with Gasteiger partial charge in [0.15, 0.2) is 17.0 Å². The monoisotopic (exact) mass is 335 g/mol. The van der Waals surface area contributed by atoms with Gasteiger partial charge < -0.3 is 4.42 Å². The molecule has 1 aromatic carbocycles. The fourth-order valence-corrected chi connectivity index (χ4v) is 2.59. The van der Waals surface area contributed by atoms with Gasteiger partial charge in [-0.05, 0) is 23.8 Å². The summed E-state index contributed by atoms with van der Waals surface area (Å²) in [6.07, 6.45) is 3.57. The maximum Gasteiger partial charge on any atom is 0.238 e. The number of fused-ring (bicyclic) bond motifs is 3. The van der Waals surface area contributed by atoms with E-state index in [0.29, 0.717) is 34.9 Å². The van der Waals surface area contributed by atoms with E-state index in [0.717, 1.165) is 5.56 Å². The molecule has 0 fully saturated rings. The van der Waals surface area contributed by atoms with Gasteiger partial charge in [0.1, 0.15) is 12.1 Å². The molecule has 4 aromatic heterocycles. The van der Waals surface area contributed by atoms with Crippen molar-refractivity contribution < 1.29 is 8.81 Å². The predicted molar refractivity (Wildman–Crippen MR) is 84.7 cm³/mol. The van der Waals surface area contributed by atoms with Gasteiger partial charge in [0.05, 0.1) is 6.26 Å². The summed E-state index contributed by atoms with van der Waals surface area (Å²) in [6, 6.07) is 9.76. The molecule has 0 aliphatic heterocycles. The fourth-order valence-electron chi connectivity index (χ4n) is 2.59. The molecule has 4 heterocycles. The Hall–Kier alpha value is -3.62. The summed E-state index contributed by atoms with van der Waals surface area (Å²) >= 11 is 0. The Labute approximate surface area is 139 Å². The molecule has 0 amide bonds. The van der Waals surface area contributed by atoms with Crippen molar-refractivity contribution in [2.75, 3.05) is 0 Å². The molecular weight excluding hydrogens is 325 g/mol. The van der Waals surface area contributed by atoms with Crippen LogP contribution in [0.25, 0.3) is 22.7 Å². The maximum absolute atomic E-state index is 13.0. The third-order valence-electron chi connectivity index (χ3n) is 3.75. The van der Waals surface area contributed by atoms with E-state index in [2.05, 4.69) is 25.3 Å². The molecule has 0 saturated carbocycles. The molecule has 0 unspecified atom stereocenters. The first-order valence-electron chi connectivity index (χ1n) is 7.52. The van der Waals surface area contributed by atoms with E-state index in [4.69, 9.17) is 4.42 Å². The van der Waals surface area contributed by atoms with Crippen LogP contribution in [-0.2, 0) is 6.42 Å². The summed E-state index contributed by atoms with van der Waals surface area (Å²) in [5.41, 5.74) is 2.45. The molecule has 5 aromatic rings. The van der Waals surface area contributed by atoms with Gasteiger partial charge in [-0.25, -0.2) is 14.4 Å². The Balaban J connectivity index is 1.59. The number of rotatable bonds is 3. The van der Waals surface area contributed by atoms with Crippen LogP contribution in [0.5, 0.6) is 0 Å². The second kappa shape index (κ2) is 5.20. The highest BCUT2D eigenvalue weighted by Gasteiger charge is 2.15. The van der Waals surface area contributed by atoms with Crippen LogP contribution in [0.3, 0.4) is 0 Å². The lowest BCUT2D eigenvalue weighted by Crippen LogP contribution is -1.95. The molecule has 0 atom stereocenters. The molecule has 0 saturated heterocycles. The van der Waals surface area contributed by atoms with Crippen molar-refractivity contribution in [1.29, 1.82) is 0 Å². The molecule has 9 heteroatoms. The van der Waals surface area contributed by atoms with Crippen LogP contribution in [0, 0.1) is 5.82 Å². The molecule has 0 aliphatic rings. The van der Waals surface area contributed by atoms with E-state index in [1.54, 1.807) is 41.4 Å². The number of nitrogens with zero attached hydrogens (tertiary/aromatic N) is 7. The topological polar surface area (TPSA) is 86.9 Å². The zero-order valence-electron chi connectivity index (χ0n) is 12.7. The smallest absolute Gasteiger partial charge is 0.238 e. The number of hydrogen-bond acceptors (Lipinski definition) is 6. The van der Waals surface area contributed by atoms with Gasteiger partial charge in [-0.15, -0.1) is 20.1 Å². The van der Waals surface area contributed by atoms with Crippen LogP contribution in [0.2, 0.25) is 0 Å². The average Bonchev–Trinajstić information content (AvgIpc) is 3.34. The number of hydrogen-bond donors (Lipinski definition) is 0. The Morgan fingerprint density at radius 2 is 1.92 bits per heavy atom. The predicted octanol–water partition coefficient (Wildman–Crippen LogP) is 2.18. The van der Waals surface area contributed by atoms with Crippen LogP contribution in [0.4, 0.5) is 4.39 Å². The first-order chi connectivity index (χ1) is 12.3. The van der Waals surface area contributed by atoms with Crippen molar-refractivity contribution in [2.24, 2.45) is 0 Å². The summed E-state index contributed by atoms with van der Waals surface area (Å²) in [4.78, 5) is 10.1. The summed E-state index contributed by atoms with van der Waals surface area (Å²) in [7, 11) is 0. The van der Waals surface area contributed by atoms with Gasteiger partial charge in [0.25, 0.3) is 0 Å². The largest absolute Gasteiger partial charge is 0.445 e. The van der Waals surface area contributed by atoms with Crippen LogP contribution >= 0.6 is 0 Å². The minimum Gasteiger partial charge on any atom is -0.445 e. The minimum absolute atomic E-state index is 0.271. The summed E-state index contributed by atoms with van der Waals surface area (Å²) in [5, 5.41) is 13.1. The molecule has 0 N–H and O–H groups in total. The van der Waals surface area contributed by atoms with Crippen LogP contribution in [-0.4, -0.2) is 34.6 Å². The molecule has 0 aliphatic carbocycles. The molecule has 25 heavy (non-hydrogen) atoms. The van der Waals surface area contributed by atoms with Crippen molar-refractivity contribution in [1.82, 2.24) is 34.6 Å². The van der Waals surface area contributed by atoms with Crippen molar-refractivity contribution in [3.8, 4) is 5.88 Å². The third-order valence-corrected chi connectivity index (χ3v) is 3.75. The first kappa shape index (κ1) is 13.8. The Morgan fingerprint density at radius 1 is 1.04 bits per heavy atom. The molecule has 0 radical (unpaired) electrons. The zero-order chi connectivity index (χ0) is 16.8. The minimum atomic E-state index is -0.271. The Bertz CT molecular complexity index is 1170. The molecule has 122 valence electrons. The van der Waals surface area contributed by atoms with E-state index in [1.165, 1.54) is 16.9 Å². The van der Waals surface area contributed by atoms with Crippen LogP contribution in [0.15, 0.2) is 53.4 Å². The Morgan fingerprint density at radius 3 is 2.72 bits per heavy atom. The summed E-state index contributed by atoms with van der Waals surface area (Å²) < 4.78 is 19.9. The quantitative estimate of drug-likeness (QED) is 0.502. The number of halogens is 1. The second-order valence-electron chi connectivity index (χ2n) is 5.46. The maximum atomic E-state index is 13.0. The standard InChI is InChI=1S/C16H10FN7O/c17-11-5-3-10(4-6-11)8-12-19-16-14-15(18-9-23(16)20-12)22-24(21-14)13-2-1-7-25-13/h1-7,9H,8H2. The molecule has 5 rings (SSSR count). The van der Waals surface area contributed by atoms with Gasteiger partial charge in [0.2, 0.25) is 11.5 Å². The van der Waals surface area contributed by atoms with E-state index in [1.807, 2.05) is 0 Å². The normalized spacial score (nSPS) is 11.6. The molecule has 0 bridgehead atoms. The van der Waals surface area contributed by atoms with E-state index < -0.39 is 0 Å². The van der Waals surface area contributed by atoms with Crippen LogP contribution in [0.1, 0.15) is 11.4 Å². The van der Waals surface area contributed by atoms with Crippen LogP contribution < -0.4 is 0 Å². The van der Waals surface area contributed by atoms with Gasteiger partial charge in [0, 0.05) is 12.5 Å². The van der Waals surface area contributed by atoms with Crippen molar-refractivity contribution in [3.05, 3.63) is 66.2 Å². The lowest BCUT2D eigenvalue weighted by molar-refractivity contribution is 0.502. The average molecular weight is 335 g/mol. The van der Waals surface area contributed by atoms with E-state index in [9.17, 15) is 4.39 Å².